The van der Waals surface area contributed by atoms with E-state index in [2.05, 4.69) is 126 Å². The molecule has 0 saturated heterocycles. The minimum Gasteiger partial charge on any atom is -0.309 e. The Kier molecular flexibility index (Phi) is 7.24. The zero-order valence-corrected chi connectivity index (χ0v) is 32.1. The first kappa shape index (κ1) is 32.3. The van der Waals surface area contributed by atoms with Crippen LogP contribution in [0.1, 0.15) is 0 Å². The molecule has 0 fully saturated rings. The number of para-hydroxylation sites is 1. The molecule has 0 radical (unpaired) electrons. The fourth-order valence-electron chi connectivity index (χ4n) is 8.31. The maximum absolute atomic E-state index is 4.99. The number of fused-ring (bicyclic) bond motifs is 9. The van der Waals surface area contributed by atoms with Crippen molar-refractivity contribution in [3.05, 3.63) is 182 Å². The zero-order valence-electron chi connectivity index (χ0n) is 30.4. The number of nitrogens with zero attached hydrogens (tertiary/aromatic N) is 4. The maximum atomic E-state index is 4.99. The van der Waals surface area contributed by atoms with E-state index >= 15 is 0 Å². The van der Waals surface area contributed by atoms with Crippen molar-refractivity contribution in [3.8, 4) is 51.0 Å². The van der Waals surface area contributed by atoms with Crippen molar-refractivity contribution in [1.29, 1.82) is 0 Å². The first-order chi connectivity index (χ1) is 28.2. The third kappa shape index (κ3) is 5.30. The largest absolute Gasteiger partial charge is 0.309 e. The van der Waals surface area contributed by atoms with Crippen molar-refractivity contribution in [2.45, 2.75) is 0 Å². The van der Waals surface area contributed by atoms with Gasteiger partial charge in [-0.25, -0.2) is 15.0 Å². The normalized spacial score (nSPS) is 11.9. The first-order valence-corrected chi connectivity index (χ1v) is 20.6. The van der Waals surface area contributed by atoms with E-state index in [1.807, 2.05) is 83.3 Å². The second-order valence-corrected chi connectivity index (χ2v) is 16.6. The number of rotatable bonds is 5. The Morgan fingerprint density at radius 2 is 0.789 bits per heavy atom. The Bertz CT molecular complexity index is 3450. The van der Waals surface area contributed by atoms with Crippen molar-refractivity contribution < 1.29 is 0 Å². The van der Waals surface area contributed by atoms with E-state index in [1.54, 1.807) is 0 Å². The van der Waals surface area contributed by atoms with Gasteiger partial charge in [-0.1, -0.05) is 127 Å². The molecule has 0 amide bonds. The molecule has 0 spiro atoms. The molecule has 266 valence electrons. The summed E-state index contributed by atoms with van der Waals surface area (Å²) in [5, 5.41) is 7.65. The van der Waals surface area contributed by atoms with Gasteiger partial charge in [-0.3, -0.25) is 0 Å². The fourth-order valence-corrected chi connectivity index (χ4v) is 10.6. The predicted molar refractivity (Wildman–Crippen MR) is 242 cm³/mol. The van der Waals surface area contributed by atoms with Crippen LogP contribution in [0.5, 0.6) is 0 Å². The molecule has 0 atom stereocenters. The van der Waals surface area contributed by atoms with Gasteiger partial charge in [0.1, 0.15) is 0 Å². The quantitative estimate of drug-likeness (QED) is 0.175. The molecule has 0 aliphatic heterocycles. The summed E-state index contributed by atoms with van der Waals surface area (Å²) in [6.45, 7) is 0. The minimum absolute atomic E-state index is 0.664. The third-order valence-corrected chi connectivity index (χ3v) is 13.3. The number of aromatic nitrogens is 4. The monoisotopic (exact) mass is 762 g/mol. The van der Waals surface area contributed by atoms with Gasteiger partial charge in [0.15, 0.2) is 17.5 Å². The SMILES string of the molecule is c1ccc(-c2nc(-c3ccccc3)nc(-c3ccc4c(c3)sc3cc(-c5ccc6c(c5)c5cc7sc8ccccc8c7cc5n6-c5ccccc5)ccc34)n2)cc1. The van der Waals surface area contributed by atoms with Crippen LogP contribution in [-0.2, 0) is 0 Å². The highest BCUT2D eigenvalue weighted by molar-refractivity contribution is 7.26. The van der Waals surface area contributed by atoms with Gasteiger partial charge in [0.05, 0.1) is 11.0 Å². The molecule has 12 aromatic rings. The second kappa shape index (κ2) is 12.8. The molecular weight excluding hydrogens is 733 g/mol. The van der Waals surface area contributed by atoms with Crippen molar-refractivity contribution in [3.63, 3.8) is 0 Å². The van der Waals surface area contributed by atoms with E-state index in [0.717, 1.165) is 16.7 Å². The van der Waals surface area contributed by atoms with E-state index in [9.17, 15) is 0 Å². The lowest BCUT2D eigenvalue weighted by Gasteiger charge is -2.08. The highest BCUT2D eigenvalue weighted by Gasteiger charge is 2.18. The highest BCUT2D eigenvalue weighted by Crippen LogP contribution is 2.43. The third-order valence-electron chi connectivity index (χ3n) is 11.0. The van der Waals surface area contributed by atoms with E-state index in [-0.39, 0.29) is 0 Å². The Hall–Kier alpha value is -6.99. The Morgan fingerprint density at radius 3 is 1.49 bits per heavy atom. The van der Waals surface area contributed by atoms with Crippen LogP contribution in [0.15, 0.2) is 182 Å². The smallest absolute Gasteiger partial charge is 0.164 e. The Morgan fingerprint density at radius 1 is 0.298 bits per heavy atom. The summed E-state index contributed by atoms with van der Waals surface area (Å²) < 4.78 is 7.52. The maximum Gasteiger partial charge on any atom is 0.164 e. The average molecular weight is 763 g/mol. The summed E-state index contributed by atoms with van der Waals surface area (Å²) in [6, 6.07) is 65.0. The molecule has 6 heteroatoms. The molecule has 4 aromatic heterocycles. The summed E-state index contributed by atoms with van der Waals surface area (Å²) in [7, 11) is 0. The lowest BCUT2D eigenvalue weighted by molar-refractivity contribution is 1.07. The predicted octanol–water partition coefficient (Wildman–Crippen LogP) is 14.4. The molecule has 0 saturated carbocycles. The molecule has 4 nitrogen and oxygen atoms in total. The van der Waals surface area contributed by atoms with Gasteiger partial charge >= 0.3 is 0 Å². The molecular formula is C51H30N4S2. The summed E-state index contributed by atoms with van der Waals surface area (Å²) in [4.78, 5) is 14.9. The summed E-state index contributed by atoms with van der Waals surface area (Å²) in [5.74, 6) is 1.99. The standard InChI is InChI=1S/C51H30N4S2/c1-4-12-31(13-5-1)49-52-50(32-14-6-2-7-15-32)54-51(53-49)35-21-24-39-38-23-20-34(27-46(38)57-47(39)28-35)33-22-25-43-40(26-33)41-30-48-42(37-18-10-11-19-45(37)56-48)29-44(41)55(43)36-16-8-3-9-17-36/h1-30H. The molecule has 8 aromatic carbocycles. The topological polar surface area (TPSA) is 43.6 Å². The van der Waals surface area contributed by atoms with Crippen molar-refractivity contribution >= 4 is 84.8 Å². The lowest BCUT2D eigenvalue weighted by atomic mass is 10.0. The summed E-state index contributed by atoms with van der Waals surface area (Å²) in [5.41, 5.74) is 8.91. The van der Waals surface area contributed by atoms with Crippen LogP contribution >= 0.6 is 22.7 Å². The molecule has 12 rings (SSSR count). The van der Waals surface area contributed by atoms with Gasteiger partial charge in [-0.15, -0.1) is 22.7 Å². The number of hydrogen-bond donors (Lipinski definition) is 0. The number of benzene rings is 8. The van der Waals surface area contributed by atoms with Crippen molar-refractivity contribution in [1.82, 2.24) is 19.5 Å². The van der Waals surface area contributed by atoms with Crippen LogP contribution in [0.25, 0.3) is 113 Å². The lowest BCUT2D eigenvalue weighted by Crippen LogP contribution is -1.99. The molecule has 0 aliphatic rings. The van der Waals surface area contributed by atoms with Crippen LogP contribution in [-0.4, -0.2) is 19.5 Å². The second-order valence-electron chi connectivity index (χ2n) is 14.4. The first-order valence-electron chi connectivity index (χ1n) is 19.0. The van der Waals surface area contributed by atoms with E-state index in [1.165, 1.54) is 79.0 Å². The zero-order chi connectivity index (χ0) is 37.5. The van der Waals surface area contributed by atoms with Gasteiger partial charge in [-0.2, -0.15) is 0 Å². The Balaban J connectivity index is 0.984. The summed E-state index contributed by atoms with van der Waals surface area (Å²) >= 11 is 3.69. The van der Waals surface area contributed by atoms with E-state index < -0.39 is 0 Å². The molecule has 0 aliphatic carbocycles. The van der Waals surface area contributed by atoms with Crippen molar-refractivity contribution in [2.24, 2.45) is 0 Å². The van der Waals surface area contributed by atoms with Gasteiger partial charge in [-0.05, 0) is 65.7 Å². The molecule has 0 bridgehead atoms. The highest BCUT2D eigenvalue weighted by atomic mass is 32.1. The van der Waals surface area contributed by atoms with Crippen LogP contribution in [0.3, 0.4) is 0 Å². The van der Waals surface area contributed by atoms with Gasteiger partial charge in [0.25, 0.3) is 0 Å². The van der Waals surface area contributed by atoms with E-state index in [4.69, 9.17) is 15.0 Å². The Labute approximate surface area is 335 Å². The van der Waals surface area contributed by atoms with Gasteiger partial charge in [0.2, 0.25) is 0 Å². The van der Waals surface area contributed by atoms with Crippen LogP contribution in [0.2, 0.25) is 0 Å². The molecule has 0 unspecified atom stereocenters. The number of hydrogen-bond acceptors (Lipinski definition) is 5. The van der Waals surface area contributed by atoms with Crippen molar-refractivity contribution in [2.75, 3.05) is 0 Å². The molecule has 57 heavy (non-hydrogen) atoms. The van der Waals surface area contributed by atoms with Gasteiger partial charge in [0, 0.05) is 73.5 Å². The average Bonchev–Trinajstić information content (AvgIpc) is 3.94. The summed E-state index contributed by atoms with van der Waals surface area (Å²) in [6.07, 6.45) is 0. The van der Waals surface area contributed by atoms with Gasteiger partial charge < -0.3 is 4.57 Å². The molecule has 0 N–H and O–H groups in total. The van der Waals surface area contributed by atoms with Crippen LogP contribution in [0.4, 0.5) is 0 Å². The minimum atomic E-state index is 0.664. The molecule has 4 heterocycles. The van der Waals surface area contributed by atoms with Crippen LogP contribution < -0.4 is 0 Å². The van der Waals surface area contributed by atoms with Crippen LogP contribution in [0, 0.1) is 0 Å². The van der Waals surface area contributed by atoms with E-state index in [0.29, 0.717) is 17.5 Å². The number of thiophene rings is 2. The fraction of sp³-hybridized carbons (Fsp3) is 0.